The third-order valence-corrected chi connectivity index (χ3v) is 5.76. The lowest BCUT2D eigenvalue weighted by atomic mass is 10.1. The minimum atomic E-state index is -0.682. The lowest BCUT2D eigenvalue weighted by Crippen LogP contribution is -2.33. The third kappa shape index (κ3) is 5.59. The van der Waals surface area contributed by atoms with Crippen molar-refractivity contribution < 1.29 is 23.8 Å². The molecule has 0 saturated heterocycles. The Labute approximate surface area is 212 Å². The van der Waals surface area contributed by atoms with Crippen molar-refractivity contribution in [2.24, 2.45) is 4.99 Å². The Hall–Kier alpha value is -4.31. The molecule has 192 valence electrons. The second kappa shape index (κ2) is 11.6. The molecular formula is C27H28N4O6. The number of hydrogen-bond acceptors (Lipinski definition) is 7. The topological polar surface area (TPSA) is 113 Å². The lowest BCUT2D eigenvalue weighted by molar-refractivity contribution is -0.117. The fraction of sp³-hybridized carbons (Fsp3) is 0.296. The van der Waals surface area contributed by atoms with Gasteiger partial charge in [0.15, 0.2) is 5.49 Å². The second-order valence-electron chi connectivity index (χ2n) is 8.21. The minimum absolute atomic E-state index is 0.0101. The normalized spacial score (nSPS) is 11.7. The molecule has 0 bridgehead atoms. The monoisotopic (exact) mass is 504 g/mol. The summed E-state index contributed by atoms with van der Waals surface area (Å²) in [6, 6.07) is 13.7. The highest BCUT2D eigenvalue weighted by Gasteiger charge is 2.20. The number of pyridine rings is 2. The zero-order valence-electron chi connectivity index (χ0n) is 21.0. The van der Waals surface area contributed by atoms with Crippen LogP contribution in [0.5, 0.6) is 5.75 Å². The molecule has 0 unspecified atom stereocenters. The van der Waals surface area contributed by atoms with E-state index in [0.717, 1.165) is 5.56 Å². The molecule has 1 aromatic carbocycles. The molecule has 0 N–H and O–H groups in total. The van der Waals surface area contributed by atoms with Gasteiger partial charge < -0.3 is 18.8 Å². The Bertz CT molecular complexity index is 1570. The fourth-order valence-corrected chi connectivity index (χ4v) is 4.01. The van der Waals surface area contributed by atoms with Crippen molar-refractivity contribution in [1.29, 1.82) is 0 Å². The summed E-state index contributed by atoms with van der Waals surface area (Å²) in [5.74, 6) is -0.473. The summed E-state index contributed by atoms with van der Waals surface area (Å²) in [6.07, 6.45) is 2.16. The Morgan fingerprint density at radius 2 is 1.86 bits per heavy atom. The Morgan fingerprint density at radius 1 is 1.08 bits per heavy atom. The van der Waals surface area contributed by atoms with Gasteiger partial charge in [-0.25, -0.2) is 9.78 Å². The summed E-state index contributed by atoms with van der Waals surface area (Å²) < 4.78 is 18.7. The molecule has 3 aromatic heterocycles. The maximum absolute atomic E-state index is 13.4. The number of methoxy groups -OCH3 is 2. The number of esters is 1. The lowest BCUT2D eigenvalue weighted by Gasteiger charge is -2.15. The molecule has 4 aromatic rings. The zero-order chi connectivity index (χ0) is 26.4. The number of aromatic nitrogens is 3. The molecule has 1 amide bonds. The van der Waals surface area contributed by atoms with E-state index in [9.17, 15) is 14.4 Å². The number of ether oxygens (including phenoxy) is 3. The number of carbonyl (C=O) groups excluding carboxylic acids is 2. The van der Waals surface area contributed by atoms with E-state index < -0.39 is 11.9 Å². The van der Waals surface area contributed by atoms with Gasteiger partial charge in [-0.2, -0.15) is 4.99 Å². The van der Waals surface area contributed by atoms with E-state index in [-0.39, 0.29) is 35.0 Å². The highest BCUT2D eigenvalue weighted by Crippen LogP contribution is 2.14. The van der Waals surface area contributed by atoms with Crippen molar-refractivity contribution in [1.82, 2.24) is 14.0 Å². The predicted octanol–water partition coefficient (Wildman–Crippen LogP) is 2.54. The van der Waals surface area contributed by atoms with Gasteiger partial charge in [0.1, 0.15) is 22.6 Å². The van der Waals surface area contributed by atoms with Gasteiger partial charge >= 0.3 is 5.97 Å². The molecule has 10 heteroatoms. The van der Waals surface area contributed by atoms with Crippen molar-refractivity contribution in [2.75, 3.05) is 27.4 Å². The van der Waals surface area contributed by atoms with Gasteiger partial charge in [0.05, 0.1) is 25.5 Å². The summed E-state index contributed by atoms with van der Waals surface area (Å²) in [4.78, 5) is 48.5. The highest BCUT2D eigenvalue weighted by molar-refractivity contribution is 5.93. The van der Waals surface area contributed by atoms with Crippen LogP contribution in [0.25, 0.3) is 16.7 Å². The van der Waals surface area contributed by atoms with Crippen LogP contribution >= 0.6 is 0 Å². The number of benzene rings is 1. The number of nitrogens with zero attached hydrogens (tertiary/aromatic N) is 4. The molecule has 0 atom stereocenters. The molecule has 0 aliphatic heterocycles. The fourth-order valence-electron chi connectivity index (χ4n) is 4.01. The van der Waals surface area contributed by atoms with Crippen molar-refractivity contribution in [3.05, 3.63) is 81.7 Å². The van der Waals surface area contributed by atoms with Gasteiger partial charge in [0.25, 0.3) is 11.5 Å². The van der Waals surface area contributed by atoms with E-state index in [4.69, 9.17) is 14.2 Å². The SMILES string of the molecule is CCOC(=O)c1cc2c(=O)n3ccccc3nc2n(CCCOC)c1=NC(=O)Cc1ccc(OC)cc1. The van der Waals surface area contributed by atoms with E-state index in [0.29, 0.717) is 36.6 Å². The number of fused-ring (bicyclic) bond motifs is 2. The van der Waals surface area contributed by atoms with Gasteiger partial charge in [-0.15, -0.1) is 0 Å². The molecule has 0 radical (unpaired) electrons. The third-order valence-electron chi connectivity index (χ3n) is 5.76. The standard InChI is InChI=1S/C27H28N4O6/c1-4-37-27(34)21-17-20-24(28-22-8-5-6-13-30(22)26(20)33)31(14-7-15-35-2)25(21)29-23(32)16-18-9-11-19(36-3)12-10-18/h5-6,8-13,17H,4,7,14-16H2,1-3H3. The van der Waals surface area contributed by atoms with Crippen molar-refractivity contribution in [3.8, 4) is 5.75 Å². The number of aryl methyl sites for hydroxylation is 1. The Balaban J connectivity index is 1.96. The Morgan fingerprint density at radius 3 is 2.57 bits per heavy atom. The maximum Gasteiger partial charge on any atom is 0.341 e. The first-order valence-corrected chi connectivity index (χ1v) is 11.9. The van der Waals surface area contributed by atoms with Crippen LogP contribution in [0.2, 0.25) is 0 Å². The van der Waals surface area contributed by atoms with Crippen LogP contribution in [0, 0.1) is 0 Å². The predicted molar refractivity (Wildman–Crippen MR) is 137 cm³/mol. The summed E-state index contributed by atoms with van der Waals surface area (Å²) in [5.41, 5.74) is 1.25. The van der Waals surface area contributed by atoms with E-state index >= 15 is 0 Å². The number of rotatable bonds is 9. The number of amides is 1. The average Bonchev–Trinajstić information content (AvgIpc) is 2.90. The molecule has 0 aliphatic rings. The van der Waals surface area contributed by atoms with Gasteiger partial charge in [-0.1, -0.05) is 18.2 Å². The second-order valence-corrected chi connectivity index (χ2v) is 8.21. The van der Waals surface area contributed by atoms with Crippen LogP contribution in [0.4, 0.5) is 0 Å². The highest BCUT2D eigenvalue weighted by atomic mass is 16.5. The molecule has 0 aliphatic carbocycles. The van der Waals surface area contributed by atoms with Crippen LogP contribution in [0.1, 0.15) is 29.3 Å². The van der Waals surface area contributed by atoms with Crippen molar-refractivity contribution in [3.63, 3.8) is 0 Å². The molecular weight excluding hydrogens is 476 g/mol. The van der Waals surface area contributed by atoms with Crippen LogP contribution in [-0.4, -0.2) is 53.3 Å². The average molecular weight is 505 g/mol. The molecule has 4 rings (SSSR count). The summed E-state index contributed by atoms with van der Waals surface area (Å²) in [7, 11) is 3.15. The molecule has 37 heavy (non-hydrogen) atoms. The quantitative estimate of drug-likeness (QED) is 0.196. The molecule has 3 heterocycles. The summed E-state index contributed by atoms with van der Waals surface area (Å²) in [5, 5.41) is 0.214. The summed E-state index contributed by atoms with van der Waals surface area (Å²) >= 11 is 0. The van der Waals surface area contributed by atoms with E-state index in [1.807, 2.05) is 0 Å². The number of carbonyl (C=O) groups is 2. The van der Waals surface area contributed by atoms with Crippen LogP contribution < -0.4 is 15.8 Å². The van der Waals surface area contributed by atoms with E-state index in [1.165, 1.54) is 10.5 Å². The molecule has 0 fully saturated rings. The smallest absolute Gasteiger partial charge is 0.341 e. The Kier molecular flexibility index (Phi) is 8.09. The van der Waals surface area contributed by atoms with Crippen molar-refractivity contribution in [2.45, 2.75) is 26.3 Å². The van der Waals surface area contributed by atoms with E-state index in [1.54, 1.807) is 74.4 Å². The van der Waals surface area contributed by atoms with Crippen molar-refractivity contribution >= 4 is 28.6 Å². The van der Waals surface area contributed by atoms with Crippen LogP contribution in [-0.2, 0) is 27.2 Å². The van der Waals surface area contributed by atoms with E-state index in [2.05, 4.69) is 9.98 Å². The zero-order valence-corrected chi connectivity index (χ0v) is 21.0. The summed E-state index contributed by atoms with van der Waals surface area (Å²) in [6.45, 7) is 2.53. The number of hydrogen-bond donors (Lipinski definition) is 0. The minimum Gasteiger partial charge on any atom is -0.497 e. The van der Waals surface area contributed by atoms with Gasteiger partial charge in [-0.05, 0) is 49.2 Å². The van der Waals surface area contributed by atoms with Crippen LogP contribution in [0.15, 0.2) is 64.5 Å². The van der Waals surface area contributed by atoms with Gasteiger partial charge in [-0.3, -0.25) is 14.0 Å². The molecule has 10 nitrogen and oxygen atoms in total. The first-order chi connectivity index (χ1) is 18.0. The van der Waals surface area contributed by atoms with Gasteiger partial charge in [0, 0.05) is 26.5 Å². The first-order valence-electron chi connectivity index (χ1n) is 11.9. The largest absolute Gasteiger partial charge is 0.497 e. The molecule has 0 spiro atoms. The maximum atomic E-state index is 13.4. The van der Waals surface area contributed by atoms with Crippen LogP contribution in [0.3, 0.4) is 0 Å². The van der Waals surface area contributed by atoms with Gasteiger partial charge in [0.2, 0.25) is 0 Å². The first kappa shape index (κ1) is 25.8. The molecule has 0 saturated carbocycles.